The van der Waals surface area contributed by atoms with Gasteiger partial charge in [-0.3, -0.25) is 0 Å². The molecule has 3 rings (SSSR count). The first kappa shape index (κ1) is 15.4. The van der Waals surface area contributed by atoms with Gasteiger partial charge < -0.3 is 13.9 Å². The van der Waals surface area contributed by atoms with Gasteiger partial charge in [0.1, 0.15) is 17.9 Å². The number of aryl methyl sites for hydroxylation is 1. The summed E-state index contributed by atoms with van der Waals surface area (Å²) in [4.78, 5) is 12.3. The van der Waals surface area contributed by atoms with Crippen molar-refractivity contribution in [2.75, 3.05) is 7.11 Å². The third-order valence-electron chi connectivity index (χ3n) is 3.59. The molecule has 5 heteroatoms. The van der Waals surface area contributed by atoms with Crippen LogP contribution in [0.2, 0.25) is 5.02 Å². The van der Waals surface area contributed by atoms with Crippen LogP contribution in [-0.2, 0) is 11.3 Å². The van der Waals surface area contributed by atoms with Gasteiger partial charge in [-0.25, -0.2) is 4.79 Å². The fourth-order valence-electron chi connectivity index (χ4n) is 2.36. The average molecular weight is 331 g/mol. The molecule has 0 radical (unpaired) electrons. The quantitative estimate of drug-likeness (QED) is 0.647. The molecule has 0 saturated carbocycles. The van der Waals surface area contributed by atoms with Crippen molar-refractivity contribution in [3.05, 3.63) is 64.4 Å². The molecular weight excluding hydrogens is 316 g/mol. The number of carbonyl (C=O) groups is 1. The van der Waals surface area contributed by atoms with Crippen molar-refractivity contribution < 1.29 is 18.7 Å². The van der Waals surface area contributed by atoms with Crippen molar-refractivity contribution in [1.82, 2.24) is 0 Å². The average Bonchev–Trinajstić information content (AvgIpc) is 2.89. The standard InChI is InChI=1S/C18H15ClO4/c1-11-15-9-14(21-2)6-7-16(15)23-17(11)18(20)22-10-12-4-3-5-13(19)8-12/h3-9H,10H2,1-2H3. The number of halogens is 1. The van der Waals surface area contributed by atoms with Gasteiger partial charge in [-0.05, 0) is 42.8 Å². The fourth-order valence-corrected chi connectivity index (χ4v) is 2.58. The van der Waals surface area contributed by atoms with E-state index in [1.165, 1.54) is 0 Å². The van der Waals surface area contributed by atoms with Crippen molar-refractivity contribution in [3.8, 4) is 5.75 Å². The molecule has 0 bridgehead atoms. The van der Waals surface area contributed by atoms with Crippen LogP contribution in [0.15, 0.2) is 46.9 Å². The zero-order valence-corrected chi connectivity index (χ0v) is 13.5. The Morgan fingerprint density at radius 3 is 2.78 bits per heavy atom. The van der Waals surface area contributed by atoms with Gasteiger partial charge in [0, 0.05) is 16.0 Å². The monoisotopic (exact) mass is 330 g/mol. The largest absolute Gasteiger partial charge is 0.497 e. The summed E-state index contributed by atoms with van der Waals surface area (Å²) >= 11 is 5.91. The molecule has 0 aliphatic carbocycles. The Bertz CT molecular complexity index is 867. The molecule has 0 spiro atoms. The second-order valence-corrected chi connectivity index (χ2v) is 5.56. The minimum atomic E-state index is -0.502. The van der Waals surface area contributed by atoms with Crippen molar-refractivity contribution in [2.24, 2.45) is 0 Å². The van der Waals surface area contributed by atoms with Crippen molar-refractivity contribution >= 4 is 28.5 Å². The summed E-state index contributed by atoms with van der Waals surface area (Å²) in [5.74, 6) is 0.410. The first-order chi connectivity index (χ1) is 11.1. The molecule has 0 fully saturated rings. The van der Waals surface area contributed by atoms with Crippen LogP contribution in [0.5, 0.6) is 5.75 Å². The lowest BCUT2D eigenvalue weighted by molar-refractivity contribution is 0.0437. The van der Waals surface area contributed by atoms with Crippen molar-refractivity contribution in [3.63, 3.8) is 0 Å². The Morgan fingerprint density at radius 1 is 1.22 bits per heavy atom. The van der Waals surface area contributed by atoms with Gasteiger partial charge in [0.05, 0.1) is 7.11 Å². The van der Waals surface area contributed by atoms with E-state index >= 15 is 0 Å². The van der Waals surface area contributed by atoms with Gasteiger partial charge in [0.2, 0.25) is 5.76 Å². The van der Waals surface area contributed by atoms with Gasteiger partial charge in [0.15, 0.2) is 0 Å². The van der Waals surface area contributed by atoms with E-state index in [0.717, 1.165) is 16.5 Å². The summed E-state index contributed by atoms with van der Waals surface area (Å²) in [5.41, 5.74) is 2.18. The fraction of sp³-hybridized carbons (Fsp3) is 0.167. The summed E-state index contributed by atoms with van der Waals surface area (Å²) in [6.07, 6.45) is 0. The highest BCUT2D eigenvalue weighted by molar-refractivity contribution is 6.30. The van der Waals surface area contributed by atoms with E-state index in [2.05, 4.69) is 0 Å². The molecule has 4 nitrogen and oxygen atoms in total. The lowest BCUT2D eigenvalue weighted by Gasteiger charge is -2.04. The second-order valence-electron chi connectivity index (χ2n) is 5.12. The number of esters is 1. The SMILES string of the molecule is COc1ccc2oc(C(=O)OCc3cccc(Cl)c3)c(C)c2c1. The Morgan fingerprint density at radius 2 is 2.04 bits per heavy atom. The molecule has 3 aromatic rings. The maximum atomic E-state index is 12.3. The van der Waals surface area contributed by atoms with Crippen LogP contribution in [0.3, 0.4) is 0 Å². The molecule has 0 N–H and O–H groups in total. The molecule has 0 saturated heterocycles. The molecule has 0 aliphatic heterocycles. The van der Waals surface area contributed by atoms with Crippen LogP contribution in [0.1, 0.15) is 21.7 Å². The first-order valence-electron chi connectivity index (χ1n) is 7.07. The number of carbonyl (C=O) groups excluding carboxylic acids is 1. The van der Waals surface area contributed by atoms with Crippen LogP contribution in [0.25, 0.3) is 11.0 Å². The Hall–Kier alpha value is -2.46. The number of hydrogen-bond donors (Lipinski definition) is 0. The van der Waals surface area contributed by atoms with Gasteiger partial charge >= 0.3 is 5.97 Å². The first-order valence-corrected chi connectivity index (χ1v) is 7.45. The maximum Gasteiger partial charge on any atom is 0.374 e. The molecule has 0 amide bonds. The molecule has 1 aromatic heterocycles. The number of furan rings is 1. The highest BCUT2D eigenvalue weighted by Gasteiger charge is 2.19. The highest BCUT2D eigenvalue weighted by atomic mass is 35.5. The molecule has 23 heavy (non-hydrogen) atoms. The Kier molecular flexibility index (Phi) is 4.26. The summed E-state index contributed by atoms with van der Waals surface area (Å²) in [6.45, 7) is 1.96. The maximum absolute atomic E-state index is 12.3. The molecule has 0 unspecified atom stereocenters. The van der Waals surface area contributed by atoms with Gasteiger partial charge in [-0.2, -0.15) is 0 Å². The number of benzene rings is 2. The van der Waals surface area contributed by atoms with Crippen LogP contribution in [-0.4, -0.2) is 13.1 Å². The van der Waals surface area contributed by atoms with Gasteiger partial charge in [-0.15, -0.1) is 0 Å². The van der Waals surface area contributed by atoms with Crippen molar-refractivity contribution in [1.29, 1.82) is 0 Å². The predicted molar refractivity (Wildman–Crippen MR) is 88.1 cm³/mol. The topological polar surface area (TPSA) is 48.7 Å². The molecule has 118 valence electrons. The Balaban J connectivity index is 1.82. The van der Waals surface area contributed by atoms with Crippen LogP contribution in [0, 0.1) is 6.92 Å². The van der Waals surface area contributed by atoms with E-state index < -0.39 is 5.97 Å². The smallest absolute Gasteiger partial charge is 0.374 e. The molecule has 0 atom stereocenters. The van der Waals surface area contributed by atoms with Gasteiger partial charge in [-0.1, -0.05) is 23.7 Å². The zero-order chi connectivity index (χ0) is 16.4. The molecule has 0 aliphatic rings. The number of methoxy groups -OCH3 is 1. The minimum Gasteiger partial charge on any atom is -0.497 e. The molecule has 2 aromatic carbocycles. The summed E-state index contributed by atoms with van der Waals surface area (Å²) in [6, 6.07) is 12.6. The minimum absolute atomic E-state index is 0.138. The third kappa shape index (κ3) is 3.17. The van der Waals surface area contributed by atoms with E-state index in [1.54, 1.807) is 31.4 Å². The van der Waals surface area contributed by atoms with Gasteiger partial charge in [0.25, 0.3) is 0 Å². The van der Waals surface area contributed by atoms with E-state index in [1.807, 2.05) is 25.1 Å². The number of hydrogen-bond acceptors (Lipinski definition) is 4. The molecule has 1 heterocycles. The van der Waals surface area contributed by atoms with Crippen LogP contribution < -0.4 is 4.74 Å². The third-order valence-corrected chi connectivity index (χ3v) is 3.82. The van der Waals surface area contributed by atoms with E-state index in [9.17, 15) is 4.79 Å². The summed E-state index contributed by atoms with van der Waals surface area (Å²) < 4.78 is 16.1. The molecular formula is C18H15ClO4. The lowest BCUT2D eigenvalue weighted by Crippen LogP contribution is -2.05. The predicted octanol–water partition coefficient (Wildman–Crippen LogP) is 4.76. The highest BCUT2D eigenvalue weighted by Crippen LogP contribution is 2.29. The van der Waals surface area contributed by atoms with Crippen LogP contribution in [0.4, 0.5) is 0 Å². The normalized spacial score (nSPS) is 10.7. The number of fused-ring (bicyclic) bond motifs is 1. The number of ether oxygens (including phenoxy) is 2. The van der Waals surface area contributed by atoms with Crippen LogP contribution >= 0.6 is 11.6 Å². The van der Waals surface area contributed by atoms with Crippen molar-refractivity contribution in [2.45, 2.75) is 13.5 Å². The van der Waals surface area contributed by atoms with E-state index in [-0.39, 0.29) is 12.4 Å². The second kappa shape index (κ2) is 6.34. The number of rotatable bonds is 4. The lowest BCUT2D eigenvalue weighted by atomic mass is 10.1. The Labute approximate surface area is 138 Å². The zero-order valence-electron chi connectivity index (χ0n) is 12.8. The van der Waals surface area contributed by atoms with E-state index in [4.69, 9.17) is 25.5 Å². The summed E-state index contributed by atoms with van der Waals surface area (Å²) in [5, 5.41) is 1.43. The summed E-state index contributed by atoms with van der Waals surface area (Å²) in [7, 11) is 1.59. The van der Waals surface area contributed by atoms with E-state index in [0.29, 0.717) is 16.4 Å².